The summed E-state index contributed by atoms with van der Waals surface area (Å²) in [5.74, 6) is 0.529. The van der Waals surface area contributed by atoms with Gasteiger partial charge in [-0.25, -0.2) is 9.67 Å². The molecule has 0 unspecified atom stereocenters. The van der Waals surface area contributed by atoms with E-state index >= 15 is 0 Å². The molecular weight excluding hydrogens is 377 g/mol. The van der Waals surface area contributed by atoms with Crippen LogP contribution in [0.15, 0.2) is 36.8 Å². The first kappa shape index (κ1) is 22.4. The van der Waals surface area contributed by atoms with Crippen molar-refractivity contribution in [3.05, 3.63) is 42.4 Å². The average Bonchev–Trinajstić information content (AvgIpc) is 3.16. The van der Waals surface area contributed by atoms with Crippen molar-refractivity contribution in [2.45, 2.75) is 12.8 Å². The van der Waals surface area contributed by atoms with Gasteiger partial charge in [-0.2, -0.15) is 5.10 Å². The number of nitrogens with zero attached hydrogens (tertiary/aromatic N) is 3. The molecule has 2 N–H and O–H groups in total. The molecule has 144 valence electrons. The molecule has 0 atom stereocenters. The molecule has 1 saturated heterocycles. The summed E-state index contributed by atoms with van der Waals surface area (Å²) in [4.78, 5) is 16.8. The van der Waals surface area contributed by atoms with Crippen molar-refractivity contribution in [1.82, 2.24) is 25.4 Å². The lowest BCUT2D eigenvalue weighted by Crippen LogP contribution is -2.47. The predicted molar refractivity (Wildman–Crippen MR) is 105 cm³/mol. The van der Waals surface area contributed by atoms with Crippen molar-refractivity contribution in [3.63, 3.8) is 0 Å². The van der Waals surface area contributed by atoms with Crippen LogP contribution in [-0.4, -0.2) is 54.0 Å². The van der Waals surface area contributed by atoms with Crippen molar-refractivity contribution in [2.24, 2.45) is 5.41 Å². The van der Waals surface area contributed by atoms with E-state index in [0.29, 0.717) is 24.5 Å². The molecule has 3 heterocycles. The zero-order valence-corrected chi connectivity index (χ0v) is 16.3. The van der Waals surface area contributed by atoms with E-state index in [9.17, 15) is 4.79 Å². The first-order valence-corrected chi connectivity index (χ1v) is 8.16. The summed E-state index contributed by atoms with van der Waals surface area (Å²) < 4.78 is 7.02. The fraction of sp³-hybridized carbons (Fsp3) is 0.471. The third kappa shape index (κ3) is 5.41. The number of aromatic nitrogens is 3. The molecular formula is C17H25Cl2N5O2. The number of piperidine rings is 1. The zero-order chi connectivity index (χ0) is 16.8. The lowest BCUT2D eigenvalue weighted by Gasteiger charge is -2.37. The van der Waals surface area contributed by atoms with E-state index in [2.05, 4.69) is 20.7 Å². The van der Waals surface area contributed by atoms with Gasteiger partial charge >= 0.3 is 0 Å². The lowest BCUT2D eigenvalue weighted by atomic mass is 9.79. The van der Waals surface area contributed by atoms with Crippen LogP contribution in [0.3, 0.4) is 0 Å². The monoisotopic (exact) mass is 401 g/mol. The van der Waals surface area contributed by atoms with Crippen molar-refractivity contribution >= 4 is 30.7 Å². The molecule has 1 aliphatic rings. The molecule has 9 heteroatoms. The summed E-state index contributed by atoms with van der Waals surface area (Å²) in [6.45, 7) is 3.18. The number of nitrogens with one attached hydrogen (secondary N) is 2. The molecule has 0 aliphatic carbocycles. The second kappa shape index (κ2) is 10.5. The number of rotatable bonds is 6. The summed E-state index contributed by atoms with van der Waals surface area (Å²) in [6.07, 6.45) is 7.10. The van der Waals surface area contributed by atoms with Gasteiger partial charge in [0.15, 0.2) is 5.82 Å². The quantitative estimate of drug-likeness (QED) is 0.771. The van der Waals surface area contributed by atoms with Gasteiger partial charge in [0.2, 0.25) is 0 Å². The number of amides is 1. The number of pyridine rings is 1. The van der Waals surface area contributed by atoms with Crippen molar-refractivity contribution in [2.75, 3.05) is 33.4 Å². The van der Waals surface area contributed by atoms with E-state index in [1.54, 1.807) is 42.5 Å². The Hall–Kier alpha value is -1.67. The number of carbonyl (C=O) groups excluding carboxylic acids is 1. The maximum atomic E-state index is 12.5. The summed E-state index contributed by atoms with van der Waals surface area (Å²) >= 11 is 0. The second-order valence-electron chi connectivity index (χ2n) is 6.22. The number of halogens is 2. The number of carbonyl (C=O) groups is 1. The van der Waals surface area contributed by atoms with Gasteiger partial charge in [0.1, 0.15) is 0 Å². The lowest BCUT2D eigenvalue weighted by molar-refractivity contribution is 0.0511. The van der Waals surface area contributed by atoms with Gasteiger partial charge in [0, 0.05) is 43.2 Å². The topological polar surface area (TPSA) is 81.1 Å². The molecule has 0 radical (unpaired) electrons. The van der Waals surface area contributed by atoms with E-state index in [0.717, 1.165) is 25.9 Å². The van der Waals surface area contributed by atoms with Gasteiger partial charge in [-0.05, 0) is 44.1 Å². The van der Waals surface area contributed by atoms with E-state index in [1.165, 1.54) is 0 Å². The van der Waals surface area contributed by atoms with Crippen LogP contribution < -0.4 is 10.6 Å². The Labute approximate surface area is 165 Å². The fourth-order valence-electron chi connectivity index (χ4n) is 3.09. The van der Waals surface area contributed by atoms with Crippen molar-refractivity contribution < 1.29 is 9.53 Å². The first-order valence-electron chi connectivity index (χ1n) is 8.16. The Balaban J connectivity index is 0.00000169. The Morgan fingerprint density at radius 2 is 2.12 bits per heavy atom. The Kier molecular flexibility index (Phi) is 9.01. The minimum absolute atomic E-state index is 0. The van der Waals surface area contributed by atoms with Gasteiger partial charge in [-0.15, -0.1) is 24.8 Å². The Morgan fingerprint density at radius 3 is 2.77 bits per heavy atom. The molecule has 7 nitrogen and oxygen atoms in total. The number of hydrogen-bond donors (Lipinski definition) is 2. The number of hydrogen-bond acceptors (Lipinski definition) is 5. The van der Waals surface area contributed by atoms with Gasteiger partial charge in [0.25, 0.3) is 5.91 Å². The summed E-state index contributed by atoms with van der Waals surface area (Å²) in [7, 11) is 1.71. The minimum atomic E-state index is -0.0974. The summed E-state index contributed by atoms with van der Waals surface area (Å²) in [5.41, 5.74) is 0.588. The second-order valence-corrected chi connectivity index (χ2v) is 6.22. The smallest absolute Gasteiger partial charge is 0.251 e. The largest absolute Gasteiger partial charge is 0.384 e. The maximum absolute atomic E-state index is 12.5. The average molecular weight is 402 g/mol. The highest BCUT2D eigenvalue weighted by molar-refractivity contribution is 5.94. The van der Waals surface area contributed by atoms with Crippen molar-refractivity contribution in [3.8, 4) is 5.82 Å². The number of ether oxygens (including phenoxy) is 1. The molecule has 0 bridgehead atoms. The van der Waals surface area contributed by atoms with Gasteiger partial charge < -0.3 is 15.4 Å². The van der Waals surface area contributed by atoms with Gasteiger partial charge in [-0.3, -0.25) is 4.79 Å². The molecule has 0 spiro atoms. The fourth-order valence-corrected chi connectivity index (χ4v) is 3.09. The molecule has 1 amide bonds. The van der Waals surface area contributed by atoms with Crippen LogP contribution in [0, 0.1) is 5.41 Å². The summed E-state index contributed by atoms with van der Waals surface area (Å²) in [6, 6.07) is 5.28. The molecule has 0 aromatic carbocycles. The predicted octanol–water partition coefficient (Wildman–Crippen LogP) is 1.86. The highest BCUT2D eigenvalue weighted by Gasteiger charge is 2.32. The summed E-state index contributed by atoms with van der Waals surface area (Å²) in [5, 5.41) is 10.6. The van der Waals surface area contributed by atoms with E-state index in [4.69, 9.17) is 4.74 Å². The molecule has 1 aliphatic heterocycles. The number of methoxy groups -OCH3 is 1. The van der Waals surface area contributed by atoms with E-state index < -0.39 is 0 Å². The first-order chi connectivity index (χ1) is 11.7. The van der Waals surface area contributed by atoms with Crippen LogP contribution in [0.2, 0.25) is 0 Å². The Bertz CT molecular complexity index is 670. The molecule has 2 aromatic heterocycles. The molecule has 2 aromatic rings. The Morgan fingerprint density at radius 1 is 1.35 bits per heavy atom. The van der Waals surface area contributed by atoms with Gasteiger partial charge in [-0.1, -0.05) is 0 Å². The highest BCUT2D eigenvalue weighted by atomic mass is 35.5. The van der Waals surface area contributed by atoms with Gasteiger partial charge in [0.05, 0.1) is 6.61 Å². The van der Waals surface area contributed by atoms with E-state index in [-0.39, 0.29) is 36.1 Å². The minimum Gasteiger partial charge on any atom is -0.384 e. The van der Waals surface area contributed by atoms with Crippen LogP contribution in [0.1, 0.15) is 23.2 Å². The third-order valence-electron chi connectivity index (χ3n) is 4.49. The maximum Gasteiger partial charge on any atom is 0.251 e. The normalized spacial score (nSPS) is 15.4. The molecule has 3 rings (SSSR count). The van der Waals surface area contributed by atoms with Crippen LogP contribution >= 0.6 is 24.8 Å². The SMILES string of the molecule is COCC1(CNC(=O)c2ccnc(-n3cccn3)c2)CCNCC1.Cl.Cl. The standard InChI is InChI=1S/C17H23N5O2.2ClH/c1-24-13-17(4-8-18-9-5-17)12-20-16(23)14-3-7-19-15(11-14)22-10-2-6-21-22;;/h2-3,6-7,10-11,18H,4-5,8-9,12-13H2,1H3,(H,20,23);2*1H. The van der Waals surface area contributed by atoms with Crippen LogP contribution in [0.25, 0.3) is 5.82 Å². The van der Waals surface area contributed by atoms with Crippen molar-refractivity contribution in [1.29, 1.82) is 0 Å². The third-order valence-corrected chi connectivity index (χ3v) is 4.49. The van der Waals surface area contributed by atoms with Crippen LogP contribution in [-0.2, 0) is 4.74 Å². The van der Waals surface area contributed by atoms with Crippen LogP contribution in [0.4, 0.5) is 0 Å². The van der Waals surface area contributed by atoms with Crippen LogP contribution in [0.5, 0.6) is 0 Å². The van der Waals surface area contributed by atoms with E-state index in [1.807, 2.05) is 6.07 Å². The zero-order valence-electron chi connectivity index (χ0n) is 14.7. The molecule has 26 heavy (non-hydrogen) atoms. The molecule has 0 saturated carbocycles. The molecule has 1 fully saturated rings. The highest BCUT2D eigenvalue weighted by Crippen LogP contribution is 2.28.